The molecule has 0 heterocycles. The molecule has 0 spiro atoms. The predicted octanol–water partition coefficient (Wildman–Crippen LogP) is 2.90. The van der Waals surface area contributed by atoms with Crippen molar-refractivity contribution >= 4 is 22.6 Å². The van der Waals surface area contributed by atoms with Gasteiger partial charge in [0.2, 0.25) is 0 Å². The first-order valence-electron chi connectivity index (χ1n) is 2.28. The molecule has 0 fully saturated rings. The molecule has 0 aliphatic rings. The predicted molar refractivity (Wildman–Crippen MR) is 42.6 cm³/mol. The van der Waals surface area contributed by atoms with Crippen LogP contribution in [0, 0.1) is 0 Å². The summed E-state index contributed by atoms with van der Waals surface area (Å²) in [7, 11) is 0. The van der Waals surface area contributed by atoms with Gasteiger partial charge in [0.15, 0.2) is 0 Å². The van der Waals surface area contributed by atoms with E-state index < -0.39 is 0 Å². The summed E-state index contributed by atoms with van der Waals surface area (Å²) in [4.78, 5) is 0. The summed E-state index contributed by atoms with van der Waals surface area (Å²) in [5, 5.41) is 0. The fraction of sp³-hybridized carbons (Fsp3) is 0.333. The highest BCUT2D eigenvalue weighted by Crippen LogP contribution is 1.93. The summed E-state index contributed by atoms with van der Waals surface area (Å²) in [5.74, 6) is 0. The molecule has 0 atom stereocenters. The average Bonchev–Trinajstić information content (AvgIpc) is 1.69. The van der Waals surface area contributed by atoms with Crippen LogP contribution in [0.25, 0.3) is 0 Å². The minimum Gasteiger partial charge on any atom is -0.103 e. The standard InChI is InChI=1S/C6H9I/c1-2-3-4-5-6-7/h2,5-6H,1,3-4H2/b6-5+. The van der Waals surface area contributed by atoms with Crippen LogP contribution in [0.4, 0.5) is 0 Å². The van der Waals surface area contributed by atoms with Crippen LogP contribution in [0.1, 0.15) is 12.8 Å². The molecule has 0 aliphatic carbocycles. The minimum absolute atomic E-state index is 1.10. The highest BCUT2D eigenvalue weighted by atomic mass is 127. The number of allylic oxidation sites excluding steroid dienone is 2. The second-order valence-electron chi connectivity index (χ2n) is 1.23. The first-order chi connectivity index (χ1) is 3.41. The third-order valence-electron chi connectivity index (χ3n) is 0.627. The Bertz CT molecular complexity index is 64.6. The number of hydrogen-bond acceptors (Lipinski definition) is 0. The number of unbranched alkanes of at least 4 members (excludes halogenated alkanes) is 1. The van der Waals surface area contributed by atoms with Gasteiger partial charge in [0, 0.05) is 0 Å². The average molecular weight is 208 g/mol. The molecule has 7 heavy (non-hydrogen) atoms. The van der Waals surface area contributed by atoms with Gasteiger partial charge in [0.1, 0.15) is 0 Å². The molecule has 0 unspecified atom stereocenters. The molecule has 0 bridgehead atoms. The summed E-state index contributed by atoms with van der Waals surface area (Å²) in [6.45, 7) is 3.60. The van der Waals surface area contributed by atoms with Gasteiger partial charge in [-0.05, 0) is 16.9 Å². The van der Waals surface area contributed by atoms with Gasteiger partial charge in [0.25, 0.3) is 0 Å². The van der Waals surface area contributed by atoms with Gasteiger partial charge in [0.05, 0.1) is 0 Å². The van der Waals surface area contributed by atoms with E-state index in [1.165, 1.54) is 0 Å². The molecule has 40 valence electrons. The van der Waals surface area contributed by atoms with Gasteiger partial charge < -0.3 is 0 Å². The lowest BCUT2D eigenvalue weighted by molar-refractivity contribution is 1.06. The molecule has 0 nitrogen and oxygen atoms in total. The minimum atomic E-state index is 1.10. The van der Waals surface area contributed by atoms with Crippen molar-refractivity contribution in [2.24, 2.45) is 0 Å². The Balaban J connectivity index is 2.82. The molecule has 0 radical (unpaired) electrons. The lowest BCUT2D eigenvalue weighted by Crippen LogP contribution is -1.57. The first kappa shape index (κ1) is 7.21. The molecule has 0 aliphatic heterocycles. The molecule has 1 heteroatoms. The lowest BCUT2D eigenvalue weighted by Gasteiger charge is -1.78. The molecule has 0 N–H and O–H groups in total. The summed E-state index contributed by atoms with van der Waals surface area (Å²) in [5.41, 5.74) is 0. The molecule has 0 aromatic carbocycles. The second-order valence-corrected chi connectivity index (χ2v) is 1.95. The van der Waals surface area contributed by atoms with Crippen LogP contribution in [0.5, 0.6) is 0 Å². The van der Waals surface area contributed by atoms with Crippen molar-refractivity contribution in [3.8, 4) is 0 Å². The number of rotatable bonds is 3. The SMILES string of the molecule is C=CCC/C=C/I. The van der Waals surface area contributed by atoms with Gasteiger partial charge in [-0.2, -0.15) is 0 Å². The molecule has 0 saturated heterocycles. The van der Waals surface area contributed by atoms with Crippen molar-refractivity contribution in [1.29, 1.82) is 0 Å². The Hall–Kier alpha value is 0.210. The second kappa shape index (κ2) is 6.21. The van der Waals surface area contributed by atoms with Crippen LogP contribution in [0.2, 0.25) is 0 Å². The Morgan fingerprint density at radius 3 is 2.57 bits per heavy atom. The van der Waals surface area contributed by atoms with E-state index in [0.29, 0.717) is 0 Å². The Kier molecular flexibility index (Phi) is 6.40. The zero-order valence-electron chi connectivity index (χ0n) is 4.23. The molecule has 0 amide bonds. The topological polar surface area (TPSA) is 0 Å². The lowest BCUT2D eigenvalue weighted by atomic mass is 10.3. The van der Waals surface area contributed by atoms with E-state index in [1.807, 2.05) is 10.2 Å². The largest absolute Gasteiger partial charge is 0.103 e. The first-order valence-corrected chi connectivity index (χ1v) is 3.52. The van der Waals surface area contributed by atoms with Gasteiger partial charge in [-0.1, -0.05) is 34.7 Å². The van der Waals surface area contributed by atoms with Gasteiger partial charge >= 0.3 is 0 Å². The van der Waals surface area contributed by atoms with Gasteiger partial charge in [-0.15, -0.1) is 6.58 Å². The van der Waals surface area contributed by atoms with E-state index in [0.717, 1.165) is 12.8 Å². The third kappa shape index (κ3) is 6.21. The van der Waals surface area contributed by atoms with Crippen molar-refractivity contribution < 1.29 is 0 Å². The molecular formula is C6H9I. The fourth-order valence-electron chi connectivity index (χ4n) is 0.277. The van der Waals surface area contributed by atoms with Crippen LogP contribution in [0.15, 0.2) is 22.8 Å². The molecule has 0 rings (SSSR count). The van der Waals surface area contributed by atoms with Crippen molar-refractivity contribution in [2.75, 3.05) is 0 Å². The Morgan fingerprint density at radius 1 is 1.43 bits per heavy atom. The summed E-state index contributed by atoms with van der Waals surface area (Å²) in [6.07, 6.45) is 6.28. The highest BCUT2D eigenvalue weighted by Gasteiger charge is 1.69. The molecule has 0 aromatic heterocycles. The highest BCUT2D eigenvalue weighted by molar-refractivity contribution is 14.1. The Labute approximate surface area is 58.4 Å². The van der Waals surface area contributed by atoms with Crippen LogP contribution in [0.3, 0.4) is 0 Å². The van der Waals surface area contributed by atoms with Crippen molar-refractivity contribution in [3.63, 3.8) is 0 Å². The van der Waals surface area contributed by atoms with Crippen LogP contribution < -0.4 is 0 Å². The number of hydrogen-bond donors (Lipinski definition) is 0. The van der Waals surface area contributed by atoms with E-state index in [2.05, 4.69) is 35.2 Å². The van der Waals surface area contributed by atoms with E-state index in [9.17, 15) is 0 Å². The maximum Gasteiger partial charge on any atom is -0.0274 e. The van der Waals surface area contributed by atoms with E-state index in [-0.39, 0.29) is 0 Å². The molecular weight excluding hydrogens is 199 g/mol. The van der Waals surface area contributed by atoms with E-state index >= 15 is 0 Å². The van der Waals surface area contributed by atoms with Crippen molar-refractivity contribution in [2.45, 2.75) is 12.8 Å². The molecule has 0 saturated carbocycles. The zero-order chi connectivity index (χ0) is 5.54. The zero-order valence-corrected chi connectivity index (χ0v) is 6.39. The molecule has 0 aromatic rings. The summed E-state index contributed by atoms with van der Waals surface area (Å²) in [6, 6.07) is 0. The normalized spacial score (nSPS) is 9.86. The Morgan fingerprint density at radius 2 is 2.14 bits per heavy atom. The maximum atomic E-state index is 3.60. The quantitative estimate of drug-likeness (QED) is 0.380. The monoisotopic (exact) mass is 208 g/mol. The van der Waals surface area contributed by atoms with Crippen LogP contribution in [-0.4, -0.2) is 0 Å². The van der Waals surface area contributed by atoms with Crippen LogP contribution in [-0.2, 0) is 0 Å². The summed E-state index contributed by atoms with van der Waals surface area (Å²) >= 11 is 2.21. The summed E-state index contributed by atoms with van der Waals surface area (Å²) < 4.78 is 2.03. The smallest absolute Gasteiger partial charge is 0.0274 e. The third-order valence-corrected chi connectivity index (χ3v) is 1.14. The van der Waals surface area contributed by atoms with E-state index in [4.69, 9.17) is 0 Å². The number of halogens is 1. The van der Waals surface area contributed by atoms with Gasteiger partial charge in [-0.3, -0.25) is 0 Å². The maximum absolute atomic E-state index is 3.60. The fourth-order valence-corrected chi connectivity index (χ4v) is 0.637. The van der Waals surface area contributed by atoms with Crippen molar-refractivity contribution in [1.82, 2.24) is 0 Å². The van der Waals surface area contributed by atoms with Crippen molar-refractivity contribution in [3.05, 3.63) is 22.8 Å². The van der Waals surface area contributed by atoms with Crippen LogP contribution >= 0.6 is 22.6 Å². The van der Waals surface area contributed by atoms with E-state index in [1.54, 1.807) is 0 Å². The van der Waals surface area contributed by atoms with Gasteiger partial charge in [-0.25, -0.2) is 0 Å².